The van der Waals surface area contributed by atoms with Gasteiger partial charge in [-0.15, -0.1) is 0 Å². The topological polar surface area (TPSA) is 118 Å². The molecule has 0 spiro atoms. The van der Waals surface area contributed by atoms with Gasteiger partial charge in [-0.25, -0.2) is 9.97 Å². The monoisotopic (exact) mass is 238 g/mol. The molecular weight excluding hydrogens is 224 g/mol. The van der Waals surface area contributed by atoms with Gasteiger partial charge < -0.3 is 16.2 Å². The van der Waals surface area contributed by atoms with Crippen molar-refractivity contribution in [3.63, 3.8) is 0 Å². The van der Waals surface area contributed by atoms with E-state index in [0.29, 0.717) is 6.42 Å². The molecule has 0 aliphatic heterocycles. The standard InChI is InChI=1S/C10H14N4O3/c1-6(2-3-7(15)16)14-10-8(9(11)17)12-4-5-13-10/h4-6H,2-3H2,1H3,(H2,11,17)(H,13,14)(H,15,16). The number of carbonyl (C=O) groups is 2. The van der Waals surface area contributed by atoms with Crippen LogP contribution in [0.5, 0.6) is 0 Å². The zero-order chi connectivity index (χ0) is 12.8. The van der Waals surface area contributed by atoms with Crippen LogP contribution in [0, 0.1) is 0 Å². The number of nitrogens with zero attached hydrogens (tertiary/aromatic N) is 2. The van der Waals surface area contributed by atoms with Crippen LogP contribution in [-0.2, 0) is 4.79 Å². The van der Waals surface area contributed by atoms with E-state index in [0.717, 1.165) is 0 Å². The van der Waals surface area contributed by atoms with Crippen molar-refractivity contribution in [2.75, 3.05) is 5.32 Å². The zero-order valence-corrected chi connectivity index (χ0v) is 9.38. The molecule has 0 fully saturated rings. The summed E-state index contributed by atoms with van der Waals surface area (Å²) in [5.41, 5.74) is 5.19. The van der Waals surface area contributed by atoms with Crippen LogP contribution in [0.3, 0.4) is 0 Å². The number of nitrogens with two attached hydrogens (primary N) is 1. The van der Waals surface area contributed by atoms with Crippen LogP contribution >= 0.6 is 0 Å². The first-order chi connectivity index (χ1) is 8.00. The first-order valence-corrected chi connectivity index (χ1v) is 5.10. The van der Waals surface area contributed by atoms with Crippen LogP contribution in [0.4, 0.5) is 5.82 Å². The molecule has 0 aliphatic rings. The van der Waals surface area contributed by atoms with E-state index in [9.17, 15) is 9.59 Å². The van der Waals surface area contributed by atoms with Gasteiger partial charge in [-0.1, -0.05) is 0 Å². The van der Waals surface area contributed by atoms with E-state index in [1.165, 1.54) is 12.4 Å². The third-order valence-electron chi connectivity index (χ3n) is 2.11. The number of nitrogens with one attached hydrogen (secondary N) is 1. The van der Waals surface area contributed by atoms with Gasteiger partial charge in [0.1, 0.15) is 0 Å². The predicted molar refractivity (Wildman–Crippen MR) is 60.5 cm³/mol. The Kier molecular flexibility index (Phi) is 4.38. The third-order valence-corrected chi connectivity index (χ3v) is 2.11. The molecule has 1 aromatic heterocycles. The normalized spacial score (nSPS) is 11.8. The van der Waals surface area contributed by atoms with Crippen LogP contribution in [-0.4, -0.2) is 33.0 Å². The van der Waals surface area contributed by atoms with Gasteiger partial charge in [0.25, 0.3) is 5.91 Å². The van der Waals surface area contributed by atoms with Crippen LogP contribution in [0.2, 0.25) is 0 Å². The smallest absolute Gasteiger partial charge is 0.303 e. The summed E-state index contributed by atoms with van der Waals surface area (Å²) >= 11 is 0. The Morgan fingerprint density at radius 2 is 2.12 bits per heavy atom. The van der Waals surface area contributed by atoms with Crippen LogP contribution in [0.1, 0.15) is 30.3 Å². The summed E-state index contributed by atoms with van der Waals surface area (Å²) in [6.07, 6.45) is 3.26. The minimum atomic E-state index is -0.868. The highest BCUT2D eigenvalue weighted by molar-refractivity contribution is 5.95. The number of carboxylic acids is 1. The van der Waals surface area contributed by atoms with E-state index in [-0.39, 0.29) is 24.0 Å². The lowest BCUT2D eigenvalue weighted by molar-refractivity contribution is -0.137. The summed E-state index contributed by atoms with van der Waals surface area (Å²) in [4.78, 5) is 29.2. The summed E-state index contributed by atoms with van der Waals surface area (Å²) in [6.45, 7) is 1.79. The maximum atomic E-state index is 11.1. The molecule has 17 heavy (non-hydrogen) atoms. The van der Waals surface area contributed by atoms with E-state index < -0.39 is 11.9 Å². The molecule has 1 aromatic rings. The molecule has 1 rings (SSSR count). The Bertz CT molecular complexity index is 422. The second-order valence-electron chi connectivity index (χ2n) is 3.60. The number of anilines is 1. The van der Waals surface area contributed by atoms with Crippen molar-refractivity contribution in [1.82, 2.24) is 9.97 Å². The van der Waals surface area contributed by atoms with Gasteiger partial charge in [-0.05, 0) is 13.3 Å². The van der Waals surface area contributed by atoms with Crippen molar-refractivity contribution in [3.05, 3.63) is 18.1 Å². The molecule has 1 amide bonds. The van der Waals surface area contributed by atoms with Crippen molar-refractivity contribution in [2.24, 2.45) is 5.73 Å². The molecule has 1 unspecified atom stereocenters. The number of rotatable bonds is 6. The van der Waals surface area contributed by atoms with Gasteiger partial charge in [-0.3, -0.25) is 9.59 Å². The van der Waals surface area contributed by atoms with Crippen molar-refractivity contribution in [3.8, 4) is 0 Å². The minimum Gasteiger partial charge on any atom is -0.481 e. The molecule has 7 nitrogen and oxygen atoms in total. The SMILES string of the molecule is CC(CCC(=O)O)Nc1nccnc1C(N)=O. The number of aliphatic carboxylic acids is 1. The first kappa shape index (κ1) is 12.9. The van der Waals surface area contributed by atoms with Crippen molar-refractivity contribution < 1.29 is 14.7 Å². The number of aromatic nitrogens is 2. The Hall–Kier alpha value is -2.18. The summed E-state index contributed by atoms with van der Waals surface area (Å²) in [5, 5.41) is 11.5. The lowest BCUT2D eigenvalue weighted by atomic mass is 10.2. The lowest BCUT2D eigenvalue weighted by Gasteiger charge is -2.14. The summed E-state index contributed by atoms with van der Waals surface area (Å²) in [6, 6.07) is -0.138. The van der Waals surface area contributed by atoms with Crippen molar-refractivity contribution in [1.29, 1.82) is 0 Å². The third kappa shape index (κ3) is 4.06. The molecule has 0 aromatic carbocycles. The fourth-order valence-corrected chi connectivity index (χ4v) is 1.27. The molecule has 4 N–H and O–H groups in total. The Morgan fingerprint density at radius 1 is 1.47 bits per heavy atom. The first-order valence-electron chi connectivity index (χ1n) is 5.10. The second kappa shape index (κ2) is 5.78. The van der Waals surface area contributed by atoms with Crippen LogP contribution in [0.15, 0.2) is 12.4 Å². The van der Waals surface area contributed by atoms with Gasteiger partial charge in [0.15, 0.2) is 11.5 Å². The number of carbonyl (C=O) groups excluding carboxylic acids is 1. The van der Waals surface area contributed by atoms with E-state index in [1.807, 2.05) is 0 Å². The van der Waals surface area contributed by atoms with Gasteiger partial charge >= 0.3 is 5.97 Å². The summed E-state index contributed by atoms with van der Waals surface area (Å²) in [7, 11) is 0. The molecule has 1 atom stereocenters. The van der Waals surface area contributed by atoms with E-state index in [2.05, 4.69) is 15.3 Å². The van der Waals surface area contributed by atoms with Gasteiger partial charge in [0.05, 0.1) is 0 Å². The van der Waals surface area contributed by atoms with Crippen molar-refractivity contribution in [2.45, 2.75) is 25.8 Å². The molecule has 92 valence electrons. The van der Waals surface area contributed by atoms with E-state index in [1.54, 1.807) is 6.92 Å². The average Bonchev–Trinajstić information content (AvgIpc) is 2.27. The molecule has 0 bridgehead atoms. The van der Waals surface area contributed by atoms with E-state index in [4.69, 9.17) is 10.8 Å². The summed E-state index contributed by atoms with van der Waals surface area (Å²) in [5.74, 6) is -1.27. The van der Waals surface area contributed by atoms with Gasteiger partial charge in [-0.2, -0.15) is 0 Å². The highest BCUT2D eigenvalue weighted by Crippen LogP contribution is 2.11. The van der Waals surface area contributed by atoms with Gasteiger partial charge in [0, 0.05) is 24.9 Å². The fraction of sp³-hybridized carbons (Fsp3) is 0.400. The largest absolute Gasteiger partial charge is 0.481 e. The molecule has 0 aliphatic carbocycles. The quantitative estimate of drug-likeness (QED) is 0.653. The maximum Gasteiger partial charge on any atom is 0.303 e. The van der Waals surface area contributed by atoms with Crippen molar-refractivity contribution >= 4 is 17.7 Å². The number of carboxylic acid groups (broad SMARTS) is 1. The fourth-order valence-electron chi connectivity index (χ4n) is 1.27. The highest BCUT2D eigenvalue weighted by Gasteiger charge is 2.13. The Balaban J connectivity index is 2.67. The molecular formula is C10H14N4O3. The Morgan fingerprint density at radius 3 is 2.71 bits per heavy atom. The molecule has 1 heterocycles. The second-order valence-corrected chi connectivity index (χ2v) is 3.60. The number of primary amides is 1. The highest BCUT2D eigenvalue weighted by atomic mass is 16.4. The van der Waals surface area contributed by atoms with E-state index >= 15 is 0 Å². The van der Waals surface area contributed by atoms with Crippen LogP contribution < -0.4 is 11.1 Å². The zero-order valence-electron chi connectivity index (χ0n) is 9.38. The number of hydrogen-bond acceptors (Lipinski definition) is 5. The Labute approximate surface area is 98.1 Å². The predicted octanol–water partition coefficient (Wildman–Crippen LogP) is 0.241. The number of amides is 1. The minimum absolute atomic E-state index is 0.0420. The maximum absolute atomic E-state index is 11.1. The van der Waals surface area contributed by atoms with Gasteiger partial charge in [0.2, 0.25) is 0 Å². The number of hydrogen-bond donors (Lipinski definition) is 3. The molecule has 0 radical (unpaired) electrons. The molecule has 0 saturated heterocycles. The lowest BCUT2D eigenvalue weighted by Crippen LogP contribution is -2.22. The van der Waals surface area contributed by atoms with Crippen LogP contribution in [0.25, 0.3) is 0 Å². The summed E-state index contributed by atoms with van der Waals surface area (Å²) < 4.78 is 0. The molecule has 7 heteroatoms. The average molecular weight is 238 g/mol. The molecule has 0 saturated carbocycles.